The van der Waals surface area contributed by atoms with E-state index in [4.69, 9.17) is 11.6 Å². The summed E-state index contributed by atoms with van der Waals surface area (Å²) in [7, 11) is 0. The van der Waals surface area contributed by atoms with Gasteiger partial charge in [-0.1, -0.05) is 11.6 Å². The molecule has 1 N–H and O–H groups in total. The standard InChI is InChI=1S/C20H20ClN5OS/c21-14-3-4-17(26-12-22-11-23-26)16(9-14)24-19(27)10-25-7-5-18-15(6-8-28-18)20(25)13-1-2-13/h3-4,6,8-9,11-13,20H,1-2,5,7,10H2,(H,24,27)/t20-/m0/s1. The molecule has 0 saturated heterocycles. The Bertz CT molecular complexity index is 998. The van der Waals surface area contributed by atoms with Crippen LogP contribution in [0.3, 0.4) is 0 Å². The van der Waals surface area contributed by atoms with E-state index in [0.717, 1.165) is 18.7 Å². The summed E-state index contributed by atoms with van der Waals surface area (Å²) in [5, 5.41) is 9.94. The molecule has 1 amide bonds. The van der Waals surface area contributed by atoms with Crippen molar-refractivity contribution >= 4 is 34.5 Å². The number of nitrogens with zero attached hydrogens (tertiary/aromatic N) is 4. The van der Waals surface area contributed by atoms with E-state index in [1.54, 1.807) is 23.1 Å². The first kappa shape index (κ1) is 17.8. The Morgan fingerprint density at radius 1 is 1.32 bits per heavy atom. The van der Waals surface area contributed by atoms with E-state index in [2.05, 4.69) is 31.7 Å². The van der Waals surface area contributed by atoms with Crippen molar-refractivity contribution in [1.29, 1.82) is 0 Å². The van der Waals surface area contributed by atoms with Gasteiger partial charge >= 0.3 is 0 Å². The molecule has 1 aromatic carbocycles. The van der Waals surface area contributed by atoms with Crippen LogP contribution < -0.4 is 5.32 Å². The van der Waals surface area contributed by atoms with Crippen LogP contribution in [-0.4, -0.2) is 38.7 Å². The Labute approximate surface area is 172 Å². The molecule has 6 nitrogen and oxygen atoms in total. The topological polar surface area (TPSA) is 63.1 Å². The molecular formula is C20H20ClN5OS. The molecule has 3 heterocycles. The number of carbonyl (C=O) groups is 1. The number of carbonyl (C=O) groups excluding carboxylic acids is 1. The summed E-state index contributed by atoms with van der Waals surface area (Å²) < 4.78 is 1.62. The highest BCUT2D eigenvalue weighted by Crippen LogP contribution is 2.48. The number of amides is 1. The number of nitrogens with one attached hydrogen (secondary N) is 1. The summed E-state index contributed by atoms with van der Waals surface area (Å²) in [6.07, 6.45) is 6.59. The smallest absolute Gasteiger partial charge is 0.238 e. The SMILES string of the molecule is O=C(CN1CCc2sccc2[C@@H]1C1CC1)Nc1cc(Cl)ccc1-n1cncn1. The number of hydrogen-bond donors (Lipinski definition) is 1. The van der Waals surface area contributed by atoms with Crippen molar-refractivity contribution < 1.29 is 4.79 Å². The van der Waals surface area contributed by atoms with Crippen molar-refractivity contribution in [3.63, 3.8) is 0 Å². The molecule has 2 aromatic heterocycles. The Balaban J connectivity index is 1.35. The van der Waals surface area contributed by atoms with Gasteiger partial charge in [-0.2, -0.15) is 5.10 Å². The summed E-state index contributed by atoms with van der Waals surface area (Å²) in [6, 6.07) is 7.97. The van der Waals surface area contributed by atoms with Crippen LogP contribution >= 0.6 is 22.9 Å². The number of aromatic nitrogens is 3. The van der Waals surface area contributed by atoms with E-state index in [1.165, 1.54) is 29.6 Å². The molecule has 0 bridgehead atoms. The molecular weight excluding hydrogens is 394 g/mol. The predicted molar refractivity (Wildman–Crippen MR) is 110 cm³/mol. The van der Waals surface area contributed by atoms with Gasteiger partial charge in [-0.25, -0.2) is 9.67 Å². The lowest BCUT2D eigenvalue weighted by Crippen LogP contribution is -2.41. The Hall–Kier alpha value is -2.22. The van der Waals surface area contributed by atoms with Gasteiger partial charge in [-0.15, -0.1) is 11.3 Å². The minimum atomic E-state index is -0.0343. The quantitative estimate of drug-likeness (QED) is 0.688. The van der Waals surface area contributed by atoms with Crippen LogP contribution in [0.4, 0.5) is 5.69 Å². The monoisotopic (exact) mass is 413 g/mol. The van der Waals surface area contributed by atoms with E-state index in [1.807, 2.05) is 17.4 Å². The molecule has 5 rings (SSSR count). The molecule has 3 aromatic rings. The van der Waals surface area contributed by atoms with Gasteiger partial charge in [-0.3, -0.25) is 9.69 Å². The van der Waals surface area contributed by atoms with Gasteiger partial charge < -0.3 is 5.32 Å². The molecule has 0 radical (unpaired) electrons. The highest BCUT2D eigenvalue weighted by Gasteiger charge is 2.40. The number of halogens is 1. The third-order valence-electron chi connectivity index (χ3n) is 5.43. The fourth-order valence-electron chi connectivity index (χ4n) is 4.05. The molecule has 1 atom stereocenters. The zero-order valence-electron chi connectivity index (χ0n) is 15.2. The van der Waals surface area contributed by atoms with Gasteiger partial charge in [-0.05, 0) is 60.4 Å². The Morgan fingerprint density at radius 2 is 2.21 bits per heavy atom. The van der Waals surface area contributed by atoms with Crippen LogP contribution in [0.1, 0.15) is 29.3 Å². The van der Waals surface area contributed by atoms with Crippen LogP contribution in [0.2, 0.25) is 5.02 Å². The van der Waals surface area contributed by atoms with Gasteiger partial charge in [0, 0.05) is 22.5 Å². The maximum atomic E-state index is 12.9. The number of rotatable bonds is 5. The molecule has 144 valence electrons. The summed E-state index contributed by atoms with van der Waals surface area (Å²) in [5.74, 6) is 0.645. The minimum absolute atomic E-state index is 0.0343. The van der Waals surface area contributed by atoms with Crippen molar-refractivity contribution in [2.24, 2.45) is 5.92 Å². The van der Waals surface area contributed by atoms with Gasteiger partial charge in [0.2, 0.25) is 5.91 Å². The van der Waals surface area contributed by atoms with E-state index < -0.39 is 0 Å². The third-order valence-corrected chi connectivity index (χ3v) is 6.66. The second kappa shape index (κ2) is 7.31. The maximum Gasteiger partial charge on any atom is 0.238 e. The van der Waals surface area contributed by atoms with Crippen molar-refractivity contribution in [3.05, 3.63) is 57.8 Å². The lowest BCUT2D eigenvalue weighted by Gasteiger charge is -2.35. The summed E-state index contributed by atoms with van der Waals surface area (Å²) >= 11 is 8.01. The van der Waals surface area contributed by atoms with E-state index in [-0.39, 0.29) is 5.91 Å². The van der Waals surface area contributed by atoms with E-state index in [0.29, 0.717) is 29.2 Å². The lowest BCUT2D eigenvalue weighted by molar-refractivity contribution is -0.118. The number of thiophene rings is 1. The zero-order chi connectivity index (χ0) is 19.1. The van der Waals surface area contributed by atoms with Gasteiger partial charge in [0.25, 0.3) is 0 Å². The molecule has 1 aliphatic heterocycles. The number of anilines is 1. The average molecular weight is 414 g/mol. The summed E-state index contributed by atoms with van der Waals surface area (Å²) in [6.45, 7) is 1.30. The van der Waals surface area contributed by atoms with E-state index in [9.17, 15) is 4.79 Å². The van der Waals surface area contributed by atoms with Crippen molar-refractivity contribution in [2.45, 2.75) is 25.3 Å². The largest absolute Gasteiger partial charge is 0.323 e. The maximum absolute atomic E-state index is 12.9. The van der Waals surface area contributed by atoms with Crippen LogP contribution in [0.25, 0.3) is 5.69 Å². The van der Waals surface area contributed by atoms with Crippen molar-refractivity contribution in [1.82, 2.24) is 19.7 Å². The second-order valence-electron chi connectivity index (χ2n) is 7.35. The molecule has 2 aliphatic rings. The summed E-state index contributed by atoms with van der Waals surface area (Å²) in [5.41, 5.74) is 2.81. The molecule has 0 unspecified atom stereocenters. The third kappa shape index (κ3) is 3.45. The molecule has 28 heavy (non-hydrogen) atoms. The normalized spacial score (nSPS) is 19.4. The Morgan fingerprint density at radius 3 is 3.00 bits per heavy atom. The van der Waals surface area contributed by atoms with Crippen LogP contribution in [-0.2, 0) is 11.2 Å². The van der Waals surface area contributed by atoms with Gasteiger partial charge in [0.05, 0.1) is 17.9 Å². The number of hydrogen-bond acceptors (Lipinski definition) is 5. The molecule has 1 fully saturated rings. The first-order valence-electron chi connectivity index (χ1n) is 9.44. The highest BCUT2D eigenvalue weighted by molar-refractivity contribution is 7.10. The first-order chi connectivity index (χ1) is 13.7. The van der Waals surface area contributed by atoms with Crippen molar-refractivity contribution in [3.8, 4) is 5.69 Å². The Kier molecular flexibility index (Phi) is 4.66. The minimum Gasteiger partial charge on any atom is -0.323 e. The zero-order valence-corrected chi connectivity index (χ0v) is 16.8. The summed E-state index contributed by atoms with van der Waals surface area (Å²) in [4.78, 5) is 20.7. The van der Waals surface area contributed by atoms with Crippen molar-refractivity contribution in [2.75, 3.05) is 18.4 Å². The van der Waals surface area contributed by atoms with Crippen LogP contribution in [0.5, 0.6) is 0 Å². The molecule has 1 aliphatic carbocycles. The fourth-order valence-corrected chi connectivity index (χ4v) is 5.14. The van der Waals surface area contributed by atoms with Crippen LogP contribution in [0.15, 0.2) is 42.3 Å². The van der Waals surface area contributed by atoms with Gasteiger partial charge in [0.15, 0.2) is 0 Å². The average Bonchev–Trinajstić information content (AvgIpc) is 3.16. The number of benzene rings is 1. The second-order valence-corrected chi connectivity index (χ2v) is 8.79. The van der Waals surface area contributed by atoms with E-state index >= 15 is 0 Å². The predicted octanol–water partition coefficient (Wildman–Crippen LogP) is 3.93. The molecule has 8 heteroatoms. The number of fused-ring (bicyclic) bond motifs is 1. The highest BCUT2D eigenvalue weighted by atomic mass is 35.5. The molecule has 0 spiro atoms. The first-order valence-corrected chi connectivity index (χ1v) is 10.7. The molecule has 1 saturated carbocycles. The lowest BCUT2D eigenvalue weighted by atomic mass is 9.96. The fraction of sp³-hybridized carbons (Fsp3) is 0.350. The van der Waals surface area contributed by atoms with Crippen LogP contribution in [0, 0.1) is 5.92 Å². The van der Waals surface area contributed by atoms with Gasteiger partial charge in [0.1, 0.15) is 12.7 Å².